The molecule has 0 aliphatic heterocycles. The molecular formula is C29H30F2N2O3. The Bertz CT molecular complexity index is 1410. The third-order valence-corrected chi connectivity index (χ3v) is 6.67. The minimum Gasteiger partial charge on any atom is -0.496 e. The molecule has 5 nitrogen and oxygen atoms in total. The summed E-state index contributed by atoms with van der Waals surface area (Å²) in [5.41, 5.74) is 4.27. The number of nitrogens with zero attached hydrogens (tertiary/aromatic N) is 2. The maximum atomic E-state index is 14.9. The highest BCUT2D eigenvalue weighted by Crippen LogP contribution is 2.40. The number of ether oxygens (including phenoxy) is 2. The van der Waals surface area contributed by atoms with E-state index in [1.54, 1.807) is 37.8 Å². The van der Waals surface area contributed by atoms with E-state index in [1.165, 1.54) is 31.6 Å². The van der Waals surface area contributed by atoms with Crippen molar-refractivity contribution < 1.29 is 23.0 Å². The van der Waals surface area contributed by atoms with Crippen LogP contribution in [0.1, 0.15) is 49.7 Å². The smallest absolute Gasteiger partial charge is 0.172 e. The van der Waals surface area contributed by atoms with Crippen LogP contribution in [0.3, 0.4) is 0 Å². The Balaban J connectivity index is 1.96. The number of methoxy groups -OCH3 is 2. The molecule has 2 unspecified atom stereocenters. The fraction of sp³-hybridized carbons (Fsp3) is 0.310. The zero-order chi connectivity index (χ0) is 26.0. The summed E-state index contributed by atoms with van der Waals surface area (Å²) >= 11 is 0. The summed E-state index contributed by atoms with van der Waals surface area (Å²) in [6.07, 6.45) is 4.78. The van der Waals surface area contributed by atoms with Gasteiger partial charge in [0.05, 0.1) is 19.7 Å². The fourth-order valence-corrected chi connectivity index (χ4v) is 4.74. The molecular weight excluding hydrogens is 462 g/mol. The number of hydrogen-bond donors (Lipinski definition) is 0. The summed E-state index contributed by atoms with van der Waals surface area (Å²) in [5.74, 6) is -0.127. The molecule has 0 N–H and O–H groups in total. The molecule has 2 aromatic heterocycles. The van der Waals surface area contributed by atoms with Crippen molar-refractivity contribution in [1.82, 2.24) is 9.55 Å². The number of carbonyl (C=O) groups is 1. The van der Waals surface area contributed by atoms with E-state index >= 15 is 0 Å². The van der Waals surface area contributed by atoms with Crippen molar-refractivity contribution in [1.29, 1.82) is 0 Å². The molecule has 0 spiro atoms. The Morgan fingerprint density at radius 1 is 1.14 bits per heavy atom. The zero-order valence-corrected chi connectivity index (χ0v) is 21.1. The Morgan fingerprint density at radius 3 is 2.50 bits per heavy atom. The normalized spacial score (nSPS) is 13.0. The van der Waals surface area contributed by atoms with Gasteiger partial charge in [-0.05, 0) is 62.1 Å². The van der Waals surface area contributed by atoms with Crippen LogP contribution in [0.25, 0.3) is 22.0 Å². The van der Waals surface area contributed by atoms with Gasteiger partial charge in [0.2, 0.25) is 0 Å². The predicted molar refractivity (Wildman–Crippen MR) is 137 cm³/mol. The lowest BCUT2D eigenvalue weighted by atomic mass is 9.83. The second-order valence-corrected chi connectivity index (χ2v) is 8.83. The van der Waals surface area contributed by atoms with Gasteiger partial charge in [0, 0.05) is 52.7 Å². The summed E-state index contributed by atoms with van der Waals surface area (Å²) < 4.78 is 41.3. The first kappa shape index (κ1) is 25.4. The highest BCUT2D eigenvalue weighted by Gasteiger charge is 2.27. The van der Waals surface area contributed by atoms with Crippen molar-refractivity contribution in [3.63, 3.8) is 0 Å². The average Bonchev–Trinajstić information content (AvgIpc) is 3.37. The van der Waals surface area contributed by atoms with Gasteiger partial charge in [0.15, 0.2) is 6.30 Å². The maximum Gasteiger partial charge on any atom is 0.172 e. The molecule has 0 aliphatic rings. The highest BCUT2D eigenvalue weighted by molar-refractivity contribution is 5.96. The van der Waals surface area contributed by atoms with Gasteiger partial charge in [-0.15, -0.1) is 0 Å². The molecule has 4 aromatic rings. The van der Waals surface area contributed by atoms with Crippen LogP contribution < -0.4 is 9.47 Å². The lowest BCUT2D eigenvalue weighted by molar-refractivity contribution is -0.118. The number of Topliss-reactive ketones (excluding diaryl/α,β-unsaturated/α-hetero) is 1. The first-order chi connectivity index (χ1) is 17.3. The fourth-order valence-electron chi connectivity index (χ4n) is 4.74. The number of alkyl halides is 1. The molecule has 2 heterocycles. The molecule has 188 valence electrons. The summed E-state index contributed by atoms with van der Waals surface area (Å²) in [4.78, 5) is 17.7. The molecule has 4 rings (SSSR count). The van der Waals surface area contributed by atoms with Gasteiger partial charge in [-0.1, -0.05) is 13.0 Å². The molecule has 2 aromatic carbocycles. The average molecular weight is 493 g/mol. The van der Waals surface area contributed by atoms with Gasteiger partial charge in [0.1, 0.15) is 23.1 Å². The van der Waals surface area contributed by atoms with Crippen LogP contribution in [0.4, 0.5) is 8.78 Å². The van der Waals surface area contributed by atoms with Gasteiger partial charge >= 0.3 is 0 Å². The second-order valence-electron chi connectivity index (χ2n) is 8.83. The number of rotatable bonds is 9. The van der Waals surface area contributed by atoms with Crippen molar-refractivity contribution in [3.8, 4) is 22.6 Å². The molecule has 0 saturated carbocycles. The van der Waals surface area contributed by atoms with Crippen LogP contribution in [0.2, 0.25) is 0 Å². The number of aromatic nitrogens is 2. The quantitative estimate of drug-likeness (QED) is 0.257. The molecule has 0 fully saturated rings. The molecule has 0 saturated heterocycles. The Labute approximate surface area is 209 Å². The number of pyridine rings is 1. The SMILES string of the molecule is CCc1cnc2cc(OC)c(-c3ccn(C(C)F)c3)cc2c1C(Cc1c(F)cccc1OC)C(C)=O. The predicted octanol–water partition coefficient (Wildman–Crippen LogP) is 6.83. The number of aryl methyl sites for hydroxylation is 1. The van der Waals surface area contributed by atoms with E-state index in [9.17, 15) is 13.6 Å². The van der Waals surface area contributed by atoms with Crippen LogP contribution in [0, 0.1) is 5.82 Å². The standard InChI is InChI=1S/C29H30F2N2O3/c1-6-19-15-32-26-14-28(36-5)22(20-10-11-33(16-20)18(3)30)13-24(26)29(19)21(17(2)34)12-23-25(31)8-7-9-27(23)35-4/h7-11,13-16,18,21H,6,12H2,1-5H3. The molecule has 0 amide bonds. The Morgan fingerprint density at radius 2 is 1.89 bits per heavy atom. The monoisotopic (exact) mass is 492 g/mol. The minimum absolute atomic E-state index is 0.0859. The van der Waals surface area contributed by atoms with Gasteiger partial charge in [-0.2, -0.15) is 0 Å². The molecule has 2 atom stereocenters. The third-order valence-electron chi connectivity index (χ3n) is 6.67. The number of hydrogen-bond acceptors (Lipinski definition) is 4. The maximum absolute atomic E-state index is 14.9. The van der Waals surface area contributed by atoms with E-state index in [4.69, 9.17) is 9.47 Å². The summed E-state index contributed by atoms with van der Waals surface area (Å²) in [6.45, 7) is 4.99. The minimum atomic E-state index is -1.17. The lowest BCUT2D eigenvalue weighted by Gasteiger charge is -2.22. The van der Waals surface area contributed by atoms with Gasteiger partial charge in [-0.25, -0.2) is 8.78 Å². The number of ketones is 1. The third kappa shape index (κ3) is 4.70. The number of benzene rings is 2. The van der Waals surface area contributed by atoms with E-state index in [2.05, 4.69) is 4.98 Å². The van der Waals surface area contributed by atoms with E-state index in [0.29, 0.717) is 29.0 Å². The van der Waals surface area contributed by atoms with Gasteiger partial charge in [-0.3, -0.25) is 9.78 Å². The van der Waals surface area contributed by atoms with Gasteiger partial charge < -0.3 is 14.0 Å². The first-order valence-corrected chi connectivity index (χ1v) is 11.9. The summed E-state index contributed by atoms with van der Waals surface area (Å²) in [5, 5.41) is 0.779. The zero-order valence-electron chi connectivity index (χ0n) is 21.1. The van der Waals surface area contributed by atoms with Crippen molar-refractivity contribution in [2.75, 3.05) is 14.2 Å². The Hall–Kier alpha value is -3.74. The highest BCUT2D eigenvalue weighted by atomic mass is 19.1. The van der Waals surface area contributed by atoms with E-state index in [0.717, 1.165) is 27.6 Å². The molecule has 7 heteroatoms. The first-order valence-electron chi connectivity index (χ1n) is 11.9. The molecule has 0 aliphatic carbocycles. The van der Waals surface area contributed by atoms with E-state index in [1.807, 2.05) is 25.1 Å². The molecule has 36 heavy (non-hydrogen) atoms. The van der Waals surface area contributed by atoms with E-state index in [-0.39, 0.29) is 12.2 Å². The van der Waals surface area contributed by atoms with Crippen LogP contribution >= 0.6 is 0 Å². The number of fused-ring (bicyclic) bond motifs is 1. The van der Waals surface area contributed by atoms with Crippen LogP contribution in [-0.2, 0) is 17.6 Å². The molecule has 0 radical (unpaired) electrons. The van der Waals surface area contributed by atoms with Gasteiger partial charge in [0.25, 0.3) is 0 Å². The summed E-state index contributed by atoms with van der Waals surface area (Å²) in [6, 6.07) is 10.2. The van der Waals surface area contributed by atoms with Crippen LogP contribution in [0.5, 0.6) is 11.5 Å². The summed E-state index contributed by atoms with van der Waals surface area (Å²) in [7, 11) is 3.06. The Kier molecular flexibility index (Phi) is 7.38. The van der Waals surface area contributed by atoms with Crippen molar-refractivity contribution in [3.05, 3.63) is 77.5 Å². The lowest BCUT2D eigenvalue weighted by Crippen LogP contribution is -2.16. The van der Waals surface area contributed by atoms with Crippen molar-refractivity contribution >= 4 is 16.7 Å². The van der Waals surface area contributed by atoms with Crippen LogP contribution in [0.15, 0.2) is 55.0 Å². The van der Waals surface area contributed by atoms with E-state index < -0.39 is 18.0 Å². The molecule has 0 bridgehead atoms. The second kappa shape index (κ2) is 10.5. The number of halogens is 2. The number of carbonyl (C=O) groups excluding carboxylic acids is 1. The van der Waals surface area contributed by atoms with Crippen molar-refractivity contribution in [2.45, 2.75) is 45.8 Å². The van der Waals surface area contributed by atoms with Crippen molar-refractivity contribution in [2.24, 2.45) is 0 Å². The van der Waals surface area contributed by atoms with Crippen LogP contribution in [-0.4, -0.2) is 29.6 Å². The topological polar surface area (TPSA) is 53.4 Å². The largest absolute Gasteiger partial charge is 0.496 e.